The van der Waals surface area contributed by atoms with Crippen molar-refractivity contribution in [2.24, 2.45) is 5.92 Å². The van der Waals surface area contributed by atoms with Crippen LogP contribution in [-0.4, -0.2) is 108 Å². The fraction of sp³-hybridized carbons (Fsp3) is 0.609. The van der Waals surface area contributed by atoms with Gasteiger partial charge in [-0.2, -0.15) is 0 Å². The average molecular weight is 498 g/mol. The summed E-state index contributed by atoms with van der Waals surface area (Å²) >= 11 is 0. The minimum Gasteiger partial charge on any atom is -0.481 e. The molecule has 34 heavy (non-hydrogen) atoms. The van der Waals surface area contributed by atoms with E-state index >= 15 is 0 Å². The van der Waals surface area contributed by atoms with Gasteiger partial charge in [0.25, 0.3) is 11.9 Å². The number of aliphatic carboxylic acids is 2. The Morgan fingerprint density at radius 3 is 2.15 bits per heavy atom. The molecule has 1 aromatic rings. The average Bonchev–Trinajstić information content (AvgIpc) is 3.26. The minimum absolute atomic E-state index is 0.0182. The zero-order valence-electron chi connectivity index (χ0n) is 20.2. The van der Waals surface area contributed by atoms with Gasteiger partial charge in [-0.1, -0.05) is 24.3 Å². The van der Waals surface area contributed by atoms with Crippen LogP contribution in [0.25, 0.3) is 0 Å². The number of likely N-dealkylation sites (tertiary alicyclic amines) is 1. The van der Waals surface area contributed by atoms with Gasteiger partial charge in [-0.25, -0.2) is 8.42 Å². The molecule has 2 fully saturated rings. The number of carboxylic acid groups (broad SMARTS) is 2. The Hall–Kier alpha value is -2.50. The zero-order chi connectivity index (χ0) is 25.6. The van der Waals surface area contributed by atoms with E-state index in [1.807, 2.05) is 25.1 Å². The molecule has 0 saturated carbocycles. The zero-order valence-corrected chi connectivity index (χ0v) is 21.0. The highest BCUT2D eigenvalue weighted by atomic mass is 32.2. The van der Waals surface area contributed by atoms with Crippen LogP contribution in [0.5, 0.6) is 0 Å². The van der Waals surface area contributed by atoms with Crippen LogP contribution >= 0.6 is 0 Å². The molecule has 0 spiro atoms. The van der Waals surface area contributed by atoms with E-state index in [4.69, 9.17) is 19.8 Å². The third-order valence-corrected chi connectivity index (χ3v) is 8.48. The molecular weight excluding hydrogens is 462 g/mol. The fourth-order valence-electron chi connectivity index (χ4n) is 4.75. The predicted octanol–water partition coefficient (Wildman–Crippen LogP) is 0.412. The van der Waals surface area contributed by atoms with Crippen LogP contribution < -0.4 is 0 Å². The number of amides is 1. The topological polar surface area (TPSA) is 136 Å². The van der Waals surface area contributed by atoms with E-state index < -0.39 is 21.8 Å². The fourth-order valence-corrected chi connectivity index (χ4v) is 7.23. The number of carbonyl (C=O) groups excluding carboxylic acids is 1. The van der Waals surface area contributed by atoms with Gasteiger partial charge >= 0.3 is 0 Å². The second kappa shape index (κ2) is 11.8. The molecule has 1 amide bonds. The number of sulfone groups is 1. The van der Waals surface area contributed by atoms with Crippen molar-refractivity contribution in [2.45, 2.75) is 38.1 Å². The summed E-state index contributed by atoms with van der Waals surface area (Å²) in [6.07, 6.45) is 0.964. The molecule has 10 nitrogen and oxygen atoms in total. The number of hydrogen-bond donors (Lipinski definition) is 2. The number of fused-ring (bicyclic) bond motifs is 2. The lowest BCUT2D eigenvalue weighted by molar-refractivity contribution is -0.135. The van der Waals surface area contributed by atoms with Gasteiger partial charge in [-0.3, -0.25) is 19.3 Å². The summed E-state index contributed by atoms with van der Waals surface area (Å²) in [6.45, 7) is 5.14. The quantitative estimate of drug-likeness (QED) is 0.609. The molecule has 3 aliphatic heterocycles. The molecule has 0 aromatic heterocycles. The monoisotopic (exact) mass is 497 g/mol. The molecule has 3 atom stereocenters. The Morgan fingerprint density at radius 1 is 1.03 bits per heavy atom. The third-order valence-electron chi connectivity index (χ3n) is 6.25. The summed E-state index contributed by atoms with van der Waals surface area (Å²) in [7, 11) is 0.751. The van der Waals surface area contributed by atoms with E-state index in [0.29, 0.717) is 19.6 Å². The molecule has 190 valence electrons. The Labute approximate surface area is 201 Å². The molecule has 0 bridgehead atoms. The van der Waals surface area contributed by atoms with Gasteiger partial charge in [-0.15, -0.1) is 0 Å². The van der Waals surface area contributed by atoms with Gasteiger partial charge < -0.3 is 20.0 Å². The number of benzene rings is 1. The van der Waals surface area contributed by atoms with E-state index in [-0.39, 0.29) is 28.9 Å². The molecule has 2 N–H and O–H groups in total. The Kier molecular flexibility index (Phi) is 9.60. The summed E-state index contributed by atoms with van der Waals surface area (Å²) in [5.74, 6) is -1.34. The summed E-state index contributed by atoms with van der Waals surface area (Å²) in [5.41, 5.74) is 2.66. The van der Waals surface area contributed by atoms with Crippen molar-refractivity contribution in [3.05, 3.63) is 35.4 Å². The van der Waals surface area contributed by atoms with Crippen LogP contribution in [0.3, 0.4) is 0 Å². The van der Waals surface area contributed by atoms with E-state index in [1.165, 1.54) is 11.1 Å². The third kappa shape index (κ3) is 7.51. The van der Waals surface area contributed by atoms with E-state index in [1.54, 1.807) is 4.90 Å². The molecule has 4 rings (SSSR count). The second-order valence-electron chi connectivity index (χ2n) is 9.13. The molecule has 11 heteroatoms. The number of rotatable bonds is 3. The Morgan fingerprint density at radius 2 is 1.59 bits per heavy atom. The summed E-state index contributed by atoms with van der Waals surface area (Å²) < 4.78 is 25.0. The summed E-state index contributed by atoms with van der Waals surface area (Å²) in [6, 6.07) is 8.40. The number of carbonyl (C=O) groups is 3. The molecule has 3 aliphatic rings. The molecule has 0 aliphatic carbocycles. The highest BCUT2D eigenvalue weighted by Gasteiger charge is 2.53. The van der Waals surface area contributed by atoms with Gasteiger partial charge in [0.2, 0.25) is 5.91 Å². The van der Waals surface area contributed by atoms with Crippen molar-refractivity contribution in [1.82, 2.24) is 14.7 Å². The van der Waals surface area contributed by atoms with Crippen molar-refractivity contribution >= 4 is 27.7 Å². The molecule has 1 aromatic carbocycles. The van der Waals surface area contributed by atoms with E-state index in [9.17, 15) is 13.2 Å². The lowest BCUT2D eigenvalue weighted by Gasteiger charge is -2.30. The van der Waals surface area contributed by atoms with Crippen LogP contribution in [0.1, 0.15) is 25.0 Å². The van der Waals surface area contributed by atoms with Crippen molar-refractivity contribution in [1.29, 1.82) is 0 Å². The number of nitrogens with zero attached hydrogens (tertiary/aromatic N) is 3. The normalized spacial score (nSPS) is 24.7. The first kappa shape index (κ1) is 27.7. The molecule has 2 saturated heterocycles. The first-order chi connectivity index (χ1) is 15.8. The predicted molar refractivity (Wildman–Crippen MR) is 127 cm³/mol. The van der Waals surface area contributed by atoms with Crippen LogP contribution in [0.4, 0.5) is 0 Å². The van der Waals surface area contributed by atoms with Crippen LogP contribution in [0.2, 0.25) is 0 Å². The van der Waals surface area contributed by atoms with Gasteiger partial charge in [0, 0.05) is 52.0 Å². The maximum atomic E-state index is 12.8. The van der Waals surface area contributed by atoms with Gasteiger partial charge in [-0.05, 0) is 31.6 Å². The smallest absolute Gasteiger partial charge is 0.300 e. The maximum absolute atomic E-state index is 12.8. The largest absolute Gasteiger partial charge is 0.481 e. The van der Waals surface area contributed by atoms with Crippen molar-refractivity contribution in [3.63, 3.8) is 0 Å². The molecular formula is C23H35N3O7S. The minimum atomic E-state index is -3.11. The van der Waals surface area contributed by atoms with Crippen LogP contribution in [0, 0.1) is 5.92 Å². The van der Waals surface area contributed by atoms with Crippen LogP contribution in [0.15, 0.2) is 24.3 Å². The lowest BCUT2D eigenvalue weighted by atomic mass is 10.00. The first-order valence-corrected chi connectivity index (χ1v) is 12.9. The number of hydrogen-bond acceptors (Lipinski definition) is 7. The van der Waals surface area contributed by atoms with Crippen molar-refractivity contribution in [3.8, 4) is 0 Å². The van der Waals surface area contributed by atoms with Crippen LogP contribution in [-0.2, 0) is 37.2 Å². The maximum Gasteiger partial charge on any atom is 0.300 e. The van der Waals surface area contributed by atoms with Gasteiger partial charge in [0.15, 0.2) is 9.84 Å². The molecule has 0 radical (unpaired) electrons. The molecule has 0 unspecified atom stereocenters. The number of carboxylic acids is 2. The SMILES string of the molecule is CC(=O)O.CC(=O)O.CN(C)[C@@H]1CS(=O)(=O)[C@H]2CN(C(=O)CN3CCc4ccccc4C3)C[C@@H]12. The summed E-state index contributed by atoms with van der Waals surface area (Å²) in [5, 5.41) is 14.4. The van der Waals surface area contributed by atoms with E-state index in [0.717, 1.165) is 33.4 Å². The summed E-state index contributed by atoms with van der Waals surface area (Å²) in [4.78, 5) is 36.8. The second-order valence-corrected chi connectivity index (χ2v) is 11.4. The highest BCUT2D eigenvalue weighted by Crippen LogP contribution is 2.36. The lowest BCUT2D eigenvalue weighted by Crippen LogP contribution is -2.43. The van der Waals surface area contributed by atoms with Gasteiger partial charge in [0.05, 0.1) is 17.5 Å². The van der Waals surface area contributed by atoms with E-state index in [2.05, 4.69) is 23.1 Å². The van der Waals surface area contributed by atoms with Crippen molar-refractivity contribution < 1.29 is 33.0 Å². The highest BCUT2D eigenvalue weighted by molar-refractivity contribution is 7.92. The first-order valence-electron chi connectivity index (χ1n) is 11.2. The van der Waals surface area contributed by atoms with Crippen molar-refractivity contribution in [2.75, 3.05) is 46.0 Å². The molecule has 3 heterocycles. The Balaban J connectivity index is 0.000000446. The van der Waals surface area contributed by atoms with Gasteiger partial charge in [0.1, 0.15) is 0 Å². The Bertz CT molecular complexity index is 976. The standard InChI is InChI=1S/C19H27N3O3S.2C2H4O2/c1-20(2)17-13-26(24,25)18-11-22(10-16(17)18)19(23)12-21-8-7-14-5-3-4-6-15(14)9-21;2*1-2(3)4/h3-6,16-18H,7-13H2,1-2H3;2*1H3,(H,3,4)/t16-,17+,18-;;/m0../s1.